The smallest absolute Gasteiger partial charge is 0.270 e. The van der Waals surface area contributed by atoms with Gasteiger partial charge in [-0.15, -0.1) is 0 Å². The van der Waals surface area contributed by atoms with Crippen LogP contribution in [0.15, 0.2) is 64.0 Å². The lowest BCUT2D eigenvalue weighted by atomic mass is 10.1. The molecule has 0 radical (unpaired) electrons. The van der Waals surface area contributed by atoms with Crippen LogP contribution in [0.25, 0.3) is 22.4 Å². The van der Waals surface area contributed by atoms with Gasteiger partial charge in [0.25, 0.3) is 17.3 Å². The molecule has 0 bridgehead atoms. The molecule has 0 aliphatic heterocycles. The van der Waals surface area contributed by atoms with E-state index in [2.05, 4.69) is 20.2 Å². The number of pyridine rings is 1. The Morgan fingerprint density at radius 1 is 1.14 bits per heavy atom. The third-order valence-electron chi connectivity index (χ3n) is 5.04. The maximum atomic E-state index is 13.3. The number of halogens is 1. The first-order valence-electron chi connectivity index (χ1n) is 10.2. The minimum absolute atomic E-state index is 0.0764. The number of amides is 1. The van der Waals surface area contributed by atoms with Crippen molar-refractivity contribution < 1.29 is 27.0 Å². The summed E-state index contributed by atoms with van der Waals surface area (Å²) in [7, 11) is -4.03. The number of nitrogens with zero attached hydrogens (tertiary/aromatic N) is 3. The van der Waals surface area contributed by atoms with Crippen molar-refractivity contribution in [2.45, 2.75) is 11.8 Å². The van der Waals surface area contributed by atoms with Gasteiger partial charge in [-0.1, -0.05) is 11.2 Å². The van der Waals surface area contributed by atoms with Gasteiger partial charge < -0.3 is 9.84 Å². The fourth-order valence-electron chi connectivity index (χ4n) is 3.35. The minimum atomic E-state index is -4.03. The summed E-state index contributed by atoms with van der Waals surface area (Å²) in [5, 5.41) is 17.8. The molecule has 0 spiro atoms. The minimum Gasteiger partial charge on any atom is -0.351 e. The van der Waals surface area contributed by atoms with Gasteiger partial charge in [0, 0.05) is 30.8 Å². The fraction of sp³-hybridized carbons (Fsp3) is 0.136. The summed E-state index contributed by atoms with van der Waals surface area (Å²) in [4.78, 5) is 27.2. The number of fused-ring (bicyclic) bond motifs is 1. The van der Waals surface area contributed by atoms with Crippen LogP contribution < -0.4 is 10.0 Å². The van der Waals surface area contributed by atoms with Crippen LogP contribution in [0.3, 0.4) is 0 Å². The van der Waals surface area contributed by atoms with Gasteiger partial charge in [0.1, 0.15) is 5.82 Å². The summed E-state index contributed by atoms with van der Waals surface area (Å²) in [5.74, 6) is -0.947. The number of benzene rings is 2. The molecule has 4 rings (SSSR count). The first-order valence-corrected chi connectivity index (χ1v) is 11.7. The second kappa shape index (κ2) is 9.56. The fourth-order valence-corrected chi connectivity index (χ4v) is 4.42. The predicted octanol–water partition coefficient (Wildman–Crippen LogP) is 2.95. The zero-order chi connectivity index (χ0) is 25.2. The van der Waals surface area contributed by atoms with Crippen molar-refractivity contribution >= 4 is 32.7 Å². The number of rotatable bonds is 8. The number of hydrogen-bond donors (Lipinski definition) is 2. The van der Waals surface area contributed by atoms with Crippen LogP contribution in [-0.4, -0.2) is 42.5 Å². The molecule has 2 aromatic heterocycles. The first kappa shape index (κ1) is 23.9. The average molecular weight is 499 g/mol. The van der Waals surface area contributed by atoms with Gasteiger partial charge in [-0.3, -0.25) is 14.9 Å². The maximum absolute atomic E-state index is 13.3. The summed E-state index contributed by atoms with van der Waals surface area (Å²) in [5.41, 5.74) is 1.33. The molecule has 0 saturated heterocycles. The number of carbonyl (C=O) groups is 1. The van der Waals surface area contributed by atoms with Crippen LogP contribution in [0, 0.1) is 22.9 Å². The Kier molecular flexibility index (Phi) is 6.53. The molecule has 0 saturated carbocycles. The molecule has 2 N–H and O–H groups in total. The topological polar surface area (TPSA) is 157 Å². The monoisotopic (exact) mass is 499 g/mol. The molecule has 1 amide bonds. The van der Waals surface area contributed by atoms with Gasteiger partial charge in [0.15, 0.2) is 0 Å². The Balaban J connectivity index is 1.49. The lowest BCUT2D eigenvalue weighted by molar-refractivity contribution is -0.385. The summed E-state index contributed by atoms with van der Waals surface area (Å²) in [6.07, 6.45) is 0. The zero-order valence-corrected chi connectivity index (χ0v) is 19.0. The van der Waals surface area contributed by atoms with E-state index in [4.69, 9.17) is 4.52 Å². The van der Waals surface area contributed by atoms with Crippen molar-refractivity contribution in [3.05, 3.63) is 81.8 Å². The molecular weight excluding hydrogens is 481 g/mol. The van der Waals surface area contributed by atoms with E-state index in [1.54, 1.807) is 6.92 Å². The van der Waals surface area contributed by atoms with Gasteiger partial charge in [0.05, 0.1) is 32.2 Å². The van der Waals surface area contributed by atoms with E-state index >= 15 is 0 Å². The van der Waals surface area contributed by atoms with Gasteiger partial charge in [-0.2, -0.15) is 0 Å². The van der Waals surface area contributed by atoms with Crippen LogP contribution >= 0.6 is 0 Å². The van der Waals surface area contributed by atoms with E-state index in [9.17, 15) is 27.7 Å². The molecule has 4 aromatic rings. The summed E-state index contributed by atoms with van der Waals surface area (Å²) < 4.78 is 45.7. The van der Waals surface area contributed by atoms with Crippen molar-refractivity contribution in [2.75, 3.05) is 13.1 Å². The van der Waals surface area contributed by atoms with Crippen molar-refractivity contribution in [3.63, 3.8) is 0 Å². The zero-order valence-electron chi connectivity index (χ0n) is 18.2. The third kappa shape index (κ3) is 5.15. The molecule has 2 heterocycles. The number of aryl methyl sites for hydroxylation is 1. The Hall–Kier alpha value is -4.23. The molecule has 0 fully saturated rings. The van der Waals surface area contributed by atoms with E-state index in [-0.39, 0.29) is 34.9 Å². The number of carbonyl (C=O) groups excluding carboxylic acids is 1. The largest absolute Gasteiger partial charge is 0.351 e. The molecule has 11 nitrogen and oxygen atoms in total. The number of non-ortho nitro benzene ring substituents is 1. The average Bonchev–Trinajstić information content (AvgIpc) is 3.22. The molecule has 0 atom stereocenters. The summed E-state index contributed by atoms with van der Waals surface area (Å²) in [6.45, 7) is 1.40. The SMILES string of the molecule is Cc1noc2nc(-c3ccc(F)cc3)cc(C(=O)NCCNS(=O)(=O)c3cccc([N+](=O)[O-])c3)c12. The Labute approximate surface area is 198 Å². The second-order valence-corrected chi connectivity index (χ2v) is 9.19. The number of aromatic nitrogens is 2. The number of hydrogen-bond acceptors (Lipinski definition) is 8. The number of nitrogens with one attached hydrogen (secondary N) is 2. The lowest BCUT2D eigenvalue weighted by Gasteiger charge is -2.10. The van der Waals surface area contributed by atoms with E-state index < -0.39 is 26.7 Å². The quantitative estimate of drug-likeness (QED) is 0.213. The van der Waals surface area contributed by atoms with Gasteiger partial charge in [-0.25, -0.2) is 22.5 Å². The number of sulfonamides is 1. The predicted molar refractivity (Wildman–Crippen MR) is 123 cm³/mol. The lowest BCUT2D eigenvalue weighted by Crippen LogP contribution is -2.34. The van der Waals surface area contributed by atoms with E-state index in [0.717, 1.165) is 6.07 Å². The molecule has 0 unspecified atom stereocenters. The van der Waals surface area contributed by atoms with E-state index in [1.165, 1.54) is 48.5 Å². The van der Waals surface area contributed by atoms with Crippen LogP contribution in [0.2, 0.25) is 0 Å². The van der Waals surface area contributed by atoms with Gasteiger partial charge >= 0.3 is 0 Å². The van der Waals surface area contributed by atoms with Gasteiger partial charge in [-0.05, 0) is 43.3 Å². The molecule has 180 valence electrons. The van der Waals surface area contributed by atoms with Crippen molar-refractivity contribution in [2.24, 2.45) is 0 Å². The summed E-state index contributed by atoms with van der Waals surface area (Å²) >= 11 is 0. The molecule has 0 aliphatic carbocycles. The molecule has 13 heteroatoms. The maximum Gasteiger partial charge on any atom is 0.270 e. The summed E-state index contributed by atoms with van der Waals surface area (Å²) in [6, 6.07) is 11.7. The van der Waals surface area contributed by atoms with Crippen molar-refractivity contribution in [3.8, 4) is 11.3 Å². The molecule has 0 aliphatic rings. The highest BCUT2D eigenvalue weighted by molar-refractivity contribution is 7.89. The van der Waals surface area contributed by atoms with Crippen molar-refractivity contribution in [1.29, 1.82) is 0 Å². The third-order valence-corrected chi connectivity index (χ3v) is 6.50. The Morgan fingerprint density at radius 2 is 1.89 bits per heavy atom. The molecular formula is C22H18FN5O6S. The van der Waals surface area contributed by atoms with E-state index in [1.807, 2.05) is 0 Å². The normalized spacial score (nSPS) is 11.5. The van der Waals surface area contributed by atoms with Crippen LogP contribution in [0.1, 0.15) is 16.1 Å². The van der Waals surface area contributed by atoms with Crippen LogP contribution in [0.5, 0.6) is 0 Å². The molecule has 35 heavy (non-hydrogen) atoms. The van der Waals surface area contributed by atoms with Gasteiger partial charge in [0.2, 0.25) is 10.0 Å². The van der Waals surface area contributed by atoms with Crippen molar-refractivity contribution in [1.82, 2.24) is 20.2 Å². The highest BCUT2D eigenvalue weighted by Gasteiger charge is 2.20. The first-order chi connectivity index (χ1) is 16.7. The number of nitro benzene ring substituents is 1. The van der Waals surface area contributed by atoms with E-state index in [0.29, 0.717) is 22.3 Å². The Bertz CT molecular complexity index is 1540. The van der Waals surface area contributed by atoms with Crippen LogP contribution in [-0.2, 0) is 10.0 Å². The number of nitro groups is 1. The standard InChI is InChI=1S/C22H18FN5O6S/c1-13-20-18(12-19(26-22(20)34-27-13)14-5-7-15(23)8-6-14)21(29)24-9-10-25-35(32,33)17-4-2-3-16(11-17)28(30)31/h2-8,11-12,25H,9-10H2,1H3,(H,24,29). The second-order valence-electron chi connectivity index (χ2n) is 7.42. The Morgan fingerprint density at radius 3 is 2.60 bits per heavy atom. The highest BCUT2D eigenvalue weighted by atomic mass is 32.2. The highest BCUT2D eigenvalue weighted by Crippen LogP contribution is 2.27. The van der Waals surface area contributed by atoms with Crippen LogP contribution in [0.4, 0.5) is 10.1 Å². The molecule has 2 aromatic carbocycles.